The van der Waals surface area contributed by atoms with Crippen LogP contribution in [0.2, 0.25) is 0 Å². The first-order valence-electron chi connectivity index (χ1n) is 9.55. The van der Waals surface area contributed by atoms with Crippen LogP contribution >= 0.6 is 15.9 Å². The Kier molecular flexibility index (Phi) is 7.61. The van der Waals surface area contributed by atoms with Gasteiger partial charge < -0.3 is 13.9 Å². The topological polar surface area (TPSA) is 90.1 Å². The summed E-state index contributed by atoms with van der Waals surface area (Å²) in [5, 5.41) is 4.82. The quantitative estimate of drug-likeness (QED) is 0.207. The molecule has 7 nitrogen and oxygen atoms in total. The lowest BCUT2D eigenvalue weighted by Gasteiger charge is -2.10. The highest BCUT2D eigenvalue weighted by atomic mass is 79.9. The van der Waals surface area contributed by atoms with Crippen LogP contribution in [-0.4, -0.2) is 31.3 Å². The molecule has 1 heterocycles. The van der Waals surface area contributed by atoms with Crippen molar-refractivity contribution in [1.29, 1.82) is 0 Å². The van der Waals surface area contributed by atoms with Gasteiger partial charge in [0.05, 0.1) is 12.8 Å². The minimum atomic E-state index is -0.454. The van der Waals surface area contributed by atoms with E-state index in [1.807, 2.05) is 18.2 Å². The van der Waals surface area contributed by atoms with Crippen LogP contribution in [-0.2, 0) is 16.0 Å². The number of carbonyl (C=O) groups excluding carboxylic acids is 2. The molecule has 0 saturated carbocycles. The van der Waals surface area contributed by atoms with Crippen molar-refractivity contribution >= 4 is 45.0 Å². The number of amides is 1. The number of nitrogens with zero attached hydrogens (tertiary/aromatic N) is 1. The average Bonchev–Trinajstić information content (AvgIpc) is 3.17. The molecule has 3 aromatic rings. The zero-order valence-electron chi connectivity index (χ0n) is 16.9. The number of esters is 1. The molecule has 0 unspecified atom stereocenters. The Morgan fingerprint density at radius 3 is 2.84 bits per heavy atom. The summed E-state index contributed by atoms with van der Waals surface area (Å²) in [6.07, 6.45) is 3.79. The van der Waals surface area contributed by atoms with Gasteiger partial charge in [-0.15, -0.1) is 6.58 Å². The molecule has 3 rings (SSSR count). The molecule has 1 amide bonds. The van der Waals surface area contributed by atoms with Crippen LogP contribution in [0.1, 0.15) is 28.6 Å². The SMILES string of the molecule is C=CCc1cc(/C=N/NC(=O)c2cc3cc(Br)ccc3o2)ccc1OCC(=O)OCC. The number of benzene rings is 2. The molecule has 31 heavy (non-hydrogen) atoms. The first-order chi connectivity index (χ1) is 15.0. The Labute approximate surface area is 187 Å². The van der Waals surface area contributed by atoms with Gasteiger partial charge in [-0.3, -0.25) is 4.79 Å². The van der Waals surface area contributed by atoms with Crippen LogP contribution in [0, 0.1) is 0 Å². The van der Waals surface area contributed by atoms with E-state index in [9.17, 15) is 9.59 Å². The molecule has 0 aliphatic rings. The summed E-state index contributed by atoms with van der Waals surface area (Å²) in [5.41, 5.74) is 4.65. The summed E-state index contributed by atoms with van der Waals surface area (Å²) in [6.45, 7) is 5.61. The van der Waals surface area contributed by atoms with E-state index in [0.717, 1.165) is 21.0 Å². The minimum absolute atomic E-state index is 0.167. The third kappa shape index (κ3) is 6.05. The maximum absolute atomic E-state index is 12.3. The molecule has 0 fully saturated rings. The molecule has 8 heteroatoms. The molecule has 0 saturated heterocycles. The number of hydrazone groups is 1. The van der Waals surface area contributed by atoms with E-state index in [4.69, 9.17) is 13.9 Å². The third-order valence-corrected chi connectivity index (χ3v) is 4.67. The van der Waals surface area contributed by atoms with E-state index in [1.165, 1.54) is 6.21 Å². The van der Waals surface area contributed by atoms with Crippen molar-refractivity contribution in [2.45, 2.75) is 13.3 Å². The molecular formula is C23H21BrN2O5. The summed E-state index contributed by atoms with van der Waals surface area (Å²) in [6, 6.07) is 12.5. The van der Waals surface area contributed by atoms with E-state index < -0.39 is 11.9 Å². The van der Waals surface area contributed by atoms with Crippen molar-refractivity contribution < 1.29 is 23.5 Å². The molecule has 0 aliphatic carbocycles. The van der Waals surface area contributed by atoms with Crippen LogP contribution in [0.4, 0.5) is 0 Å². The second-order valence-electron chi connectivity index (χ2n) is 6.45. The Hall–Kier alpha value is -3.39. The van der Waals surface area contributed by atoms with Gasteiger partial charge in [0.15, 0.2) is 12.4 Å². The average molecular weight is 485 g/mol. The van der Waals surface area contributed by atoms with Gasteiger partial charge in [0, 0.05) is 9.86 Å². The van der Waals surface area contributed by atoms with Crippen LogP contribution in [0.5, 0.6) is 5.75 Å². The van der Waals surface area contributed by atoms with Gasteiger partial charge in [0.25, 0.3) is 0 Å². The molecule has 1 N–H and O–H groups in total. The normalized spacial score (nSPS) is 10.9. The number of hydrogen-bond donors (Lipinski definition) is 1. The summed E-state index contributed by atoms with van der Waals surface area (Å²) < 4.78 is 16.9. The van der Waals surface area contributed by atoms with Gasteiger partial charge in [-0.05, 0) is 66.9 Å². The molecule has 160 valence electrons. The van der Waals surface area contributed by atoms with E-state index in [0.29, 0.717) is 24.4 Å². The fraction of sp³-hybridized carbons (Fsp3) is 0.174. The fourth-order valence-electron chi connectivity index (χ4n) is 2.82. The van der Waals surface area contributed by atoms with Crippen molar-refractivity contribution in [2.24, 2.45) is 5.10 Å². The van der Waals surface area contributed by atoms with Gasteiger partial charge in [-0.25, -0.2) is 10.2 Å². The number of furan rings is 1. The Balaban J connectivity index is 1.66. The molecule has 2 aromatic carbocycles. The second-order valence-corrected chi connectivity index (χ2v) is 7.36. The fourth-order valence-corrected chi connectivity index (χ4v) is 3.20. The van der Waals surface area contributed by atoms with E-state index in [-0.39, 0.29) is 12.4 Å². The van der Waals surface area contributed by atoms with E-state index >= 15 is 0 Å². The van der Waals surface area contributed by atoms with Crippen molar-refractivity contribution in [3.05, 3.63) is 76.5 Å². The molecule has 1 aromatic heterocycles. The summed E-state index contributed by atoms with van der Waals surface area (Å²) in [5.74, 6) is -0.162. The summed E-state index contributed by atoms with van der Waals surface area (Å²) in [7, 11) is 0. The smallest absolute Gasteiger partial charge is 0.344 e. The van der Waals surface area contributed by atoms with Crippen molar-refractivity contribution in [3.63, 3.8) is 0 Å². The molecule has 0 bridgehead atoms. The standard InChI is InChI=1S/C23H21BrN2O5/c1-3-5-16-10-15(6-8-19(16)30-14-22(27)29-4-2)13-25-26-23(28)21-12-17-11-18(24)7-9-20(17)31-21/h3,6-13H,1,4-5,14H2,2H3,(H,26,28)/b25-13+. The maximum atomic E-state index is 12.3. The molecule has 0 radical (unpaired) electrons. The van der Waals surface area contributed by atoms with Crippen molar-refractivity contribution in [3.8, 4) is 5.75 Å². The van der Waals surface area contributed by atoms with E-state index in [2.05, 4.69) is 33.0 Å². The van der Waals surface area contributed by atoms with Crippen LogP contribution in [0.3, 0.4) is 0 Å². The second kappa shape index (κ2) is 10.6. The summed E-state index contributed by atoms with van der Waals surface area (Å²) in [4.78, 5) is 23.8. The Bertz CT molecular complexity index is 1140. The highest BCUT2D eigenvalue weighted by Crippen LogP contribution is 2.23. The first kappa shape index (κ1) is 22.3. The predicted molar refractivity (Wildman–Crippen MR) is 121 cm³/mol. The molecular weight excluding hydrogens is 464 g/mol. The van der Waals surface area contributed by atoms with Gasteiger partial charge in [-0.2, -0.15) is 5.10 Å². The number of fused-ring (bicyclic) bond motifs is 1. The number of ether oxygens (including phenoxy) is 2. The Morgan fingerprint density at radius 2 is 2.06 bits per heavy atom. The van der Waals surface area contributed by atoms with E-state index in [1.54, 1.807) is 37.3 Å². The lowest BCUT2D eigenvalue weighted by molar-refractivity contribution is -0.145. The van der Waals surface area contributed by atoms with Crippen LogP contribution in [0.25, 0.3) is 11.0 Å². The predicted octanol–water partition coefficient (Wildman–Crippen LogP) is 4.63. The van der Waals surface area contributed by atoms with Crippen LogP contribution in [0.15, 0.2) is 69.1 Å². The van der Waals surface area contributed by atoms with Gasteiger partial charge in [0.2, 0.25) is 0 Å². The summed E-state index contributed by atoms with van der Waals surface area (Å²) >= 11 is 3.39. The lowest BCUT2D eigenvalue weighted by atomic mass is 10.1. The zero-order valence-corrected chi connectivity index (χ0v) is 18.5. The number of rotatable bonds is 9. The van der Waals surface area contributed by atoms with Crippen molar-refractivity contribution in [2.75, 3.05) is 13.2 Å². The number of allylic oxidation sites excluding steroid dienone is 1. The maximum Gasteiger partial charge on any atom is 0.344 e. The number of nitrogens with one attached hydrogen (secondary N) is 1. The third-order valence-electron chi connectivity index (χ3n) is 4.18. The lowest BCUT2D eigenvalue weighted by Crippen LogP contribution is -2.16. The Morgan fingerprint density at radius 1 is 1.23 bits per heavy atom. The molecule has 0 atom stereocenters. The highest BCUT2D eigenvalue weighted by Gasteiger charge is 2.12. The van der Waals surface area contributed by atoms with Gasteiger partial charge in [-0.1, -0.05) is 22.0 Å². The van der Waals surface area contributed by atoms with Gasteiger partial charge >= 0.3 is 11.9 Å². The first-order valence-corrected chi connectivity index (χ1v) is 10.3. The zero-order chi connectivity index (χ0) is 22.2. The minimum Gasteiger partial charge on any atom is -0.482 e. The molecule has 0 aliphatic heterocycles. The van der Waals surface area contributed by atoms with Gasteiger partial charge in [0.1, 0.15) is 11.3 Å². The van der Waals surface area contributed by atoms with Crippen LogP contribution < -0.4 is 10.2 Å². The molecule has 0 spiro atoms. The number of hydrogen-bond acceptors (Lipinski definition) is 6. The highest BCUT2D eigenvalue weighted by molar-refractivity contribution is 9.10. The number of halogens is 1. The largest absolute Gasteiger partial charge is 0.482 e. The monoisotopic (exact) mass is 484 g/mol. The van der Waals surface area contributed by atoms with Crippen molar-refractivity contribution in [1.82, 2.24) is 5.43 Å². The number of carbonyl (C=O) groups is 2.